The summed E-state index contributed by atoms with van der Waals surface area (Å²) in [4.78, 5) is 0. The molecule has 2 nitrogen and oxygen atoms in total. The van der Waals surface area contributed by atoms with Crippen molar-refractivity contribution in [1.82, 2.24) is 5.32 Å². The molecule has 16 heavy (non-hydrogen) atoms. The van der Waals surface area contributed by atoms with Crippen molar-refractivity contribution in [2.45, 2.75) is 51.2 Å². The maximum atomic E-state index is 5.69. The van der Waals surface area contributed by atoms with Gasteiger partial charge in [-0.05, 0) is 43.7 Å². The summed E-state index contributed by atoms with van der Waals surface area (Å²) in [5.74, 6) is 0.692. The topological polar surface area (TPSA) is 38.0 Å². The number of nitrogens with one attached hydrogen (secondary N) is 1. The lowest BCUT2D eigenvalue weighted by Gasteiger charge is -2.33. The van der Waals surface area contributed by atoms with Gasteiger partial charge in [-0.1, -0.05) is 24.3 Å². The zero-order valence-electron chi connectivity index (χ0n) is 10.2. The van der Waals surface area contributed by atoms with Gasteiger partial charge in [0.15, 0.2) is 0 Å². The highest BCUT2D eigenvalue weighted by molar-refractivity contribution is 5.27. The first-order valence-electron chi connectivity index (χ1n) is 6.24. The molecule has 2 heteroatoms. The van der Waals surface area contributed by atoms with Crippen LogP contribution in [0, 0.1) is 0 Å². The van der Waals surface area contributed by atoms with Crippen LogP contribution in [0.15, 0.2) is 24.3 Å². The van der Waals surface area contributed by atoms with Crippen LogP contribution in [0.5, 0.6) is 0 Å². The molecule has 1 saturated heterocycles. The number of piperidine rings is 1. The third-order valence-corrected chi connectivity index (χ3v) is 3.50. The van der Waals surface area contributed by atoms with Gasteiger partial charge in [-0.15, -0.1) is 0 Å². The van der Waals surface area contributed by atoms with E-state index in [1.165, 1.54) is 24.0 Å². The Morgan fingerprint density at radius 1 is 1.25 bits per heavy atom. The van der Waals surface area contributed by atoms with Gasteiger partial charge in [0.1, 0.15) is 0 Å². The maximum absolute atomic E-state index is 5.69. The highest BCUT2D eigenvalue weighted by atomic mass is 14.9. The van der Waals surface area contributed by atoms with Crippen molar-refractivity contribution in [2.24, 2.45) is 5.73 Å². The van der Waals surface area contributed by atoms with Crippen LogP contribution in [0.4, 0.5) is 0 Å². The third-order valence-electron chi connectivity index (χ3n) is 3.50. The molecule has 0 bridgehead atoms. The fourth-order valence-electron chi connectivity index (χ4n) is 2.82. The predicted octanol–water partition coefficient (Wildman–Crippen LogP) is 2.39. The zero-order valence-corrected chi connectivity index (χ0v) is 10.2. The van der Waals surface area contributed by atoms with Crippen molar-refractivity contribution < 1.29 is 0 Å². The Morgan fingerprint density at radius 3 is 2.56 bits per heavy atom. The van der Waals surface area contributed by atoms with Gasteiger partial charge in [0.25, 0.3) is 0 Å². The average molecular weight is 218 g/mol. The molecule has 0 aromatic heterocycles. The number of nitrogens with two attached hydrogens (primary N) is 1. The summed E-state index contributed by atoms with van der Waals surface area (Å²) in [7, 11) is 0. The molecule has 1 aliphatic heterocycles. The Labute approximate surface area is 98.2 Å². The average Bonchev–Trinajstić information content (AvgIpc) is 2.28. The third kappa shape index (κ3) is 2.63. The summed E-state index contributed by atoms with van der Waals surface area (Å²) in [6, 6.07) is 10.0. The molecule has 0 aliphatic carbocycles. The summed E-state index contributed by atoms with van der Waals surface area (Å²) in [5, 5.41) is 3.58. The predicted molar refractivity (Wildman–Crippen MR) is 68.4 cm³/mol. The largest absolute Gasteiger partial charge is 0.326 e. The lowest BCUT2D eigenvalue weighted by molar-refractivity contribution is 0.317. The second kappa shape index (κ2) is 4.98. The normalized spacial score (nSPS) is 30.3. The molecular weight excluding hydrogens is 196 g/mol. The minimum absolute atomic E-state index is 0.621. The molecule has 1 fully saturated rings. The van der Waals surface area contributed by atoms with Crippen molar-refractivity contribution in [1.29, 1.82) is 0 Å². The molecule has 1 aromatic carbocycles. The van der Waals surface area contributed by atoms with Gasteiger partial charge >= 0.3 is 0 Å². The highest BCUT2D eigenvalue weighted by Gasteiger charge is 2.24. The number of hydrogen-bond acceptors (Lipinski definition) is 2. The lowest BCUT2D eigenvalue weighted by atomic mass is 9.83. The summed E-state index contributed by atoms with van der Waals surface area (Å²) in [6.45, 7) is 5.19. The molecule has 3 N–H and O–H groups in total. The van der Waals surface area contributed by atoms with E-state index in [2.05, 4.69) is 43.4 Å². The van der Waals surface area contributed by atoms with E-state index < -0.39 is 0 Å². The molecule has 1 aliphatic rings. The summed E-state index contributed by atoms with van der Waals surface area (Å²) in [6.07, 6.45) is 2.47. The molecule has 0 spiro atoms. The maximum Gasteiger partial charge on any atom is 0.0178 e. The van der Waals surface area contributed by atoms with Crippen LogP contribution in [-0.2, 0) is 6.54 Å². The van der Waals surface area contributed by atoms with Gasteiger partial charge in [-0.25, -0.2) is 0 Å². The van der Waals surface area contributed by atoms with E-state index in [1.54, 1.807) is 0 Å². The molecule has 0 saturated carbocycles. The molecule has 0 radical (unpaired) electrons. The smallest absolute Gasteiger partial charge is 0.0178 e. The van der Waals surface area contributed by atoms with Gasteiger partial charge in [-0.3, -0.25) is 0 Å². The minimum atomic E-state index is 0.621. The second-order valence-corrected chi connectivity index (χ2v) is 5.09. The first kappa shape index (κ1) is 11.6. The van der Waals surface area contributed by atoms with E-state index in [-0.39, 0.29) is 0 Å². The SMILES string of the molecule is CC1CC(c2cccc(CN)c2)CC(C)N1. The fourth-order valence-corrected chi connectivity index (χ4v) is 2.82. The quantitative estimate of drug-likeness (QED) is 0.800. The van der Waals surface area contributed by atoms with Crippen LogP contribution in [0.2, 0.25) is 0 Å². The monoisotopic (exact) mass is 218 g/mol. The van der Waals surface area contributed by atoms with Gasteiger partial charge in [0.2, 0.25) is 0 Å². The van der Waals surface area contributed by atoms with Crippen LogP contribution in [-0.4, -0.2) is 12.1 Å². The standard InChI is InChI=1S/C14H22N2/c1-10-6-14(7-11(2)16-10)13-5-3-4-12(8-13)9-15/h3-5,8,10-11,14,16H,6-7,9,15H2,1-2H3. The van der Waals surface area contributed by atoms with Crippen molar-refractivity contribution >= 4 is 0 Å². The molecule has 1 aromatic rings. The molecule has 88 valence electrons. The van der Waals surface area contributed by atoms with Crippen LogP contribution >= 0.6 is 0 Å². The number of benzene rings is 1. The van der Waals surface area contributed by atoms with Gasteiger partial charge in [-0.2, -0.15) is 0 Å². The Morgan fingerprint density at radius 2 is 1.94 bits per heavy atom. The molecule has 2 unspecified atom stereocenters. The van der Waals surface area contributed by atoms with E-state index in [0.29, 0.717) is 24.5 Å². The first-order chi connectivity index (χ1) is 7.69. The Hall–Kier alpha value is -0.860. The minimum Gasteiger partial charge on any atom is -0.326 e. The molecule has 0 amide bonds. The van der Waals surface area contributed by atoms with Gasteiger partial charge in [0.05, 0.1) is 0 Å². The van der Waals surface area contributed by atoms with E-state index in [4.69, 9.17) is 5.73 Å². The van der Waals surface area contributed by atoms with Gasteiger partial charge in [0, 0.05) is 18.6 Å². The van der Waals surface area contributed by atoms with Crippen LogP contribution in [0.1, 0.15) is 43.7 Å². The Balaban J connectivity index is 2.16. The van der Waals surface area contributed by atoms with Gasteiger partial charge < -0.3 is 11.1 Å². The van der Waals surface area contributed by atoms with Crippen LogP contribution < -0.4 is 11.1 Å². The van der Waals surface area contributed by atoms with E-state index in [9.17, 15) is 0 Å². The number of hydrogen-bond donors (Lipinski definition) is 2. The number of rotatable bonds is 2. The van der Waals surface area contributed by atoms with E-state index in [0.717, 1.165) is 0 Å². The van der Waals surface area contributed by atoms with Crippen LogP contribution in [0.3, 0.4) is 0 Å². The second-order valence-electron chi connectivity index (χ2n) is 5.09. The van der Waals surface area contributed by atoms with E-state index in [1.807, 2.05) is 0 Å². The van der Waals surface area contributed by atoms with Crippen molar-refractivity contribution in [3.8, 4) is 0 Å². The zero-order chi connectivity index (χ0) is 11.5. The molecule has 2 rings (SSSR count). The fraction of sp³-hybridized carbons (Fsp3) is 0.571. The molecule has 2 atom stereocenters. The van der Waals surface area contributed by atoms with Crippen molar-refractivity contribution in [3.05, 3.63) is 35.4 Å². The lowest BCUT2D eigenvalue weighted by Crippen LogP contribution is -2.41. The summed E-state index contributed by atoms with van der Waals surface area (Å²) < 4.78 is 0. The highest BCUT2D eigenvalue weighted by Crippen LogP contribution is 2.30. The Kier molecular flexibility index (Phi) is 3.62. The summed E-state index contributed by atoms with van der Waals surface area (Å²) in [5.41, 5.74) is 8.40. The molecular formula is C14H22N2. The summed E-state index contributed by atoms with van der Waals surface area (Å²) >= 11 is 0. The van der Waals surface area contributed by atoms with Crippen molar-refractivity contribution in [2.75, 3.05) is 0 Å². The molecule has 1 heterocycles. The van der Waals surface area contributed by atoms with Crippen molar-refractivity contribution in [3.63, 3.8) is 0 Å². The first-order valence-corrected chi connectivity index (χ1v) is 6.24. The van der Waals surface area contributed by atoms with Crippen LogP contribution in [0.25, 0.3) is 0 Å². The Bertz CT molecular complexity index is 338. The van der Waals surface area contributed by atoms with E-state index >= 15 is 0 Å².